The van der Waals surface area contributed by atoms with Crippen LogP contribution in [-0.2, 0) is 37.3 Å². The van der Waals surface area contributed by atoms with Gasteiger partial charge in [0.05, 0.1) is 11.6 Å². The van der Waals surface area contributed by atoms with Crippen molar-refractivity contribution in [1.82, 2.24) is 9.55 Å². The van der Waals surface area contributed by atoms with E-state index in [0.29, 0.717) is 17.1 Å². The Bertz CT molecular complexity index is 3080. The Kier molecular flexibility index (Phi) is 11.4. The molecule has 6 aromatic carbocycles. The van der Waals surface area contributed by atoms with E-state index >= 15 is 0 Å². The van der Waals surface area contributed by atoms with E-state index in [1.54, 1.807) is 0 Å². The van der Waals surface area contributed by atoms with Crippen LogP contribution in [0.4, 0.5) is 22.7 Å². The number of hydrogen-bond acceptors (Lipinski definition) is 5. The average molecular weight is 1020 g/mol. The molecule has 0 spiro atoms. The van der Waals surface area contributed by atoms with E-state index in [1.807, 2.05) is 36.5 Å². The number of anilines is 4. The summed E-state index contributed by atoms with van der Waals surface area (Å²) < 4.78 is 8.87. The van der Waals surface area contributed by atoms with Gasteiger partial charge < -0.3 is 19.1 Å². The van der Waals surface area contributed by atoms with Gasteiger partial charge in [0.2, 0.25) is 0 Å². The van der Waals surface area contributed by atoms with E-state index in [4.69, 9.17) is 9.72 Å². The predicted octanol–water partition coefficient (Wildman–Crippen LogP) is 15.0. The Morgan fingerprint density at radius 3 is 1.91 bits per heavy atom. The number of aromatic nitrogens is 2. The van der Waals surface area contributed by atoms with Gasteiger partial charge >= 0.3 is 0 Å². The number of rotatable bonds is 6. The number of ether oxygens (including phenoxy) is 1. The molecule has 1 aliphatic rings. The number of benzene rings is 6. The van der Waals surface area contributed by atoms with Crippen molar-refractivity contribution in [2.45, 2.75) is 92.4 Å². The van der Waals surface area contributed by atoms with Crippen molar-refractivity contribution >= 4 is 44.6 Å². The van der Waals surface area contributed by atoms with E-state index in [9.17, 15) is 5.26 Å². The van der Waals surface area contributed by atoms with Crippen LogP contribution in [0.25, 0.3) is 38.8 Å². The second kappa shape index (κ2) is 16.4. The molecular formula is C57H54N5OPt-3. The van der Waals surface area contributed by atoms with Crippen molar-refractivity contribution in [3.8, 4) is 34.5 Å². The normalized spacial score (nSPS) is 13.0. The molecule has 0 bridgehead atoms. The summed E-state index contributed by atoms with van der Waals surface area (Å²) in [6.07, 6.45) is 1.89. The van der Waals surface area contributed by atoms with Crippen molar-refractivity contribution in [2.24, 2.45) is 0 Å². The molecule has 8 aromatic rings. The van der Waals surface area contributed by atoms with Crippen LogP contribution in [0, 0.1) is 44.0 Å². The maximum Gasteiger partial charge on any atom is 0.135 e. The monoisotopic (exact) mass is 1020 g/mol. The fraction of sp³-hybridized carbons (Fsp3) is 0.246. The molecule has 0 atom stereocenters. The summed E-state index contributed by atoms with van der Waals surface area (Å²) in [5, 5.41) is 11.8. The van der Waals surface area contributed by atoms with Crippen molar-refractivity contribution < 1.29 is 25.8 Å². The van der Waals surface area contributed by atoms with E-state index in [0.717, 1.165) is 72.6 Å². The van der Waals surface area contributed by atoms with Gasteiger partial charge in [0, 0.05) is 61.3 Å². The zero-order chi connectivity index (χ0) is 44.6. The number of aryl methyl sites for hydroxylation is 2. The van der Waals surface area contributed by atoms with Gasteiger partial charge in [0.25, 0.3) is 0 Å². The topological polar surface area (TPSA) is 57.3 Å². The maximum atomic E-state index is 9.63. The Morgan fingerprint density at radius 2 is 1.27 bits per heavy atom. The number of nitrogens with zero attached hydrogens (tertiary/aromatic N) is 5. The quantitative estimate of drug-likeness (QED) is 0.155. The molecule has 0 unspecified atom stereocenters. The molecule has 9 rings (SSSR count). The van der Waals surface area contributed by atoms with Crippen LogP contribution in [-0.4, -0.2) is 9.55 Å². The zero-order valence-corrected chi connectivity index (χ0v) is 40.9. The summed E-state index contributed by atoms with van der Waals surface area (Å²) in [5.74, 6) is 1.98. The van der Waals surface area contributed by atoms with E-state index in [2.05, 4.69) is 200 Å². The Balaban J connectivity index is 0.00000560. The van der Waals surface area contributed by atoms with Gasteiger partial charge in [-0.25, -0.2) is 4.98 Å². The smallest absolute Gasteiger partial charge is 0.135 e. The molecule has 0 saturated heterocycles. The summed E-state index contributed by atoms with van der Waals surface area (Å²) >= 11 is 0. The molecule has 0 amide bonds. The summed E-state index contributed by atoms with van der Waals surface area (Å²) in [6.45, 7) is 26.6. The standard InChI is InChI=1S/C57H54N5O.Pt/c1-36-25-38(34-58)26-37(2)54(36)39-19-22-49-48(27-39)47-21-20-46(33-52(47)62(49)53-31-40(23-24-59-53)55(3,4)5)63-45-16-14-15-43(32-45)60-35-61(51-18-13-12-17-50(51)60)44-29-41(56(6,7)8)28-42(30-44)57(9,10)11;/h12-31,35H,1-11H3;/q-3;. The van der Waals surface area contributed by atoms with Crippen LogP contribution in [0.2, 0.25) is 0 Å². The average Bonchev–Trinajstić information content (AvgIpc) is 3.78. The molecule has 0 radical (unpaired) electrons. The van der Waals surface area contributed by atoms with Gasteiger partial charge in [-0.15, -0.1) is 48.1 Å². The second-order valence-electron chi connectivity index (χ2n) is 20.0. The Morgan fingerprint density at radius 1 is 0.625 bits per heavy atom. The molecule has 1 aliphatic heterocycles. The van der Waals surface area contributed by atoms with Crippen LogP contribution in [0.15, 0.2) is 121 Å². The molecular weight excluding hydrogens is 966 g/mol. The van der Waals surface area contributed by atoms with Crippen LogP contribution < -0.4 is 14.5 Å². The van der Waals surface area contributed by atoms with E-state index < -0.39 is 0 Å². The maximum absolute atomic E-state index is 9.63. The first kappa shape index (κ1) is 44.5. The fourth-order valence-corrected chi connectivity index (χ4v) is 8.75. The zero-order valence-electron chi connectivity index (χ0n) is 38.6. The van der Waals surface area contributed by atoms with Gasteiger partial charge in [-0.3, -0.25) is 0 Å². The summed E-state index contributed by atoms with van der Waals surface area (Å²) in [7, 11) is 0. The molecule has 0 aliphatic carbocycles. The fourth-order valence-electron chi connectivity index (χ4n) is 8.75. The molecule has 0 saturated carbocycles. The SMILES string of the molecule is Cc1cc(C#N)cc(C)c1-c1ccc2c(c1)c1ccc(Oc3[c-]c(N4[CH-]N(c5cc(C(C)(C)C)cc(C(C)(C)C)c5)c5ccccc54)ccc3)[c-]c1n2-c1cc(C(C)(C)C)ccn1.[Pt]. The molecule has 326 valence electrons. The number of nitriles is 1. The van der Waals surface area contributed by atoms with Crippen molar-refractivity contribution in [1.29, 1.82) is 5.26 Å². The molecule has 2 aromatic heterocycles. The number of pyridine rings is 1. The van der Waals surface area contributed by atoms with Crippen LogP contribution in [0.1, 0.15) is 95.7 Å². The second-order valence-corrected chi connectivity index (χ2v) is 20.0. The largest absolute Gasteiger partial charge is 0.509 e. The van der Waals surface area contributed by atoms with Crippen molar-refractivity contribution in [3.63, 3.8) is 0 Å². The first-order valence-electron chi connectivity index (χ1n) is 21.8. The molecule has 0 fully saturated rings. The number of hydrogen-bond donors (Lipinski definition) is 0. The van der Waals surface area contributed by atoms with Gasteiger partial charge in [-0.2, -0.15) is 17.4 Å². The minimum Gasteiger partial charge on any atom is -0.509 e. The van der Waals surface area contributed by atoms with Gasteiger partial charge in [-0.05, 0) is 129 Å². The number of fused-ring (bicyclic) bond motifs is 4. The first-order chi connectivity index (χ1) is 29.9. The minimum absolute atomic E-state index is 0. The molecule has 3 heterocycles. The first-order valence-corrected chi connectivity index (χ1v) is 21.8. The summed E-state index contributed by atoms with van der Waals surface area (Å²) in [5.41, 5.74) is 14.8. The minimum atomic E-state index is -0.0662. The van der Waals surface area contributed by atoms with E-state index in [-0.39, 0.29) is 37.3 Å². The van der Waals surface area contributed by atoms with Crippen LogP contribution in [0.5, 0.6) is 11.5 Å². The van der Waals surface area contributed by atoms with Crippen molar-refractivity contribution in [2.75, 3.05) is 9.80 Å². The van der Waals surface area contributed by atoms with Gasteiger partial charge in [0.15, 0.2) is 0 Å². The molecule has 64 heavy (non-hydrogen) atoms. The molecule has 7 heteroatoms. The third-order valence-corrected chi connectivity index (χ3v) is 12.2. The van der Waals surface area contributed by atoms with Crippen LogP contribution in [0.3, 0.4) is 0 Å². The van der Waals surface area contributed by atoms with E-state index in [1.165, 1.54) is 16.7 Å². The third-order valence-electron chi connectivity index (χ3n) is 12.2. The van der Waals surface area contributed by atoms with Crippen LogP contribution >= 0.6 is 0 Å². The predicted molar refractivity (Wildman–Crippen MR) is 260 cm³/mol. The third kappa shape index (κ3) is 8.23. The van der Waals surface area contributed by atoms with Gasteiger partial charge in [0.1, 0.15) is 5.82 Å². The molecule has 6 nitrogen and oxygen atoms in total. The van der Waals surface area contributed by atoms with Crippen molar-refractivity contribution in [3.05, 3.63) is 174 Å². The molecule has 0 N–H and O–H groups in total. The van der Waals surface area contributed by atoms with Gasteiger partial charge in [-0.1, -0.05) is 98.2 Å². The number of para-hydroxylation sites is 2. The summed E-state index contributed by atoms with van der Waals surface area (Å²) in [6, 6.07) is 50.1. The Labute approximate surface area is 393 Å². The summed E-state index contributed by atoms with van der Waals surface area (Å²) in [4.78, 5) is 9.41. The Hall–Kier alpha value is -6.15.